The molecule has 0 radical (unpaired) electrons. The van der Waals surface area contributed by atoms with Crippen molar-refractivity contribution in [1.29, 1.82) is 0 Å². The average Bonchev–Trinajstić information content (AvgIpc) is 2.92. The number of hydrogen-bond donors (Lipinski definition) is 2. The number of phenolic OH excluding ortho intramolecular Hbond substituents is 1. The molecule has 6 nitrogen and oxygen atoms in total. The van der Waals surface area contributed by atoms with E-state index in [-0.39, 0.29) is 41.4 Å². The number of ether oxygens (including phenoxy) is 1. The van der Waals surface area contributed by atoms with Crippen LogP contribution in [0.15, 0.2) is 36.4 Å². The van der Waals surface area contributed by atoms with Crippen LogP contribution in [-0.4, -0.2) is 35.1 Å². The highest BCUT2D eigenvalue weighted by molar-refractivity contribution is 6.08. The van der Waals surface area contributed by atoms with Crippen molar-refractivity contribution in [2.45, 2.75) is 6.42 Å². The van der Waals surface area contributed by atoms with E-state index in [1.54, 1.807) is 0 Å². The Kier molecular flexibility index (Phi) is 4.10. The first-order chi connectivity index (χ1) is 11.1. The molecule has 118 valence electrons. The van der Waals surface area contributed by atoms with Crippen molar-refractivity contribution in [3.8, 4) is 11.5 Å². The van der Waals surface area contributed by atoms with E-state index in [0.717, 1.165) is 5.56 Å². The summed E-state index contributed by atoms with van der Waals surface area (Å²) in [6.07, 6.45) is 0.264. The van der Waals surface area contributed by atoms with Gasteiger partial charge in [0, 0.05) is 17.5 Å². The molecular weight excluding hydrogens is 300 g/mol. The molecule has 1 heterocycles. The Morgan fingerprint density at radius 2 is 2.00 bits per heavy atom. The van der Waals surface area contributed by atoms with Gasteiger partial charge in [0.2, 0.25) is 5.78 Å². The lowest BCUT2D eigenvalue weighted by Gasteiger charge is -2.13. The molecule has 0 aliphatic carbocycles. The van der Waals surface area contributed by atoms with Gasteiger partial charge in [-0.2, -0.15) is 0 Å². The monoisotopic (exact) mass is 314 g/mol. The molecule has 0 aromatic heterocycles. The Morgan fingerprint density at radius 3 is 2.70 bits per heavy atom. The summed E-state index contributed by atoms with van der Waals surface area (Å²) in [5.41, 5.74) is 1.44. The minimum atomic E-state index is -0.548. The summed E-state index contributed by atoms with van der Waals surface area (Å²) in [6, 6.07) is 10.6. The van der Waals surface area contributed by atoms with Crippen molar-refractivity contribution in [3.05, 3.63) is 58.7 Å². The second kappa shape index (κ2) is 6.20. The number of carbonyl (C=O) groups excluding carboxylic acids is 2. The number of phenols is 1. The molecule has 1 aliphatic heterocycles. The van der Waals surface area contributed by atoms with Crippen LogP contribution in [0.2, 0.25) is 0 Å². The summed E-state index contributed by atoms with van der Waals surface area (Å²) < 4.78 is 5.20. The van der Waals surface area contributed by atoms with Gasteiger partial charge in [0.05, 0.1) is 0 Å². The number of hydrogen-bond acceptors (Lipinski definition) is 6. The van der Waals surface area contributed by atoms with Gasteiger partial charge in [-0.15, -0.1) is 0 Å². The fourth-order valence-electron chi connectivity index (χ4n) is 2.65. The summed E-state index contributed by atoms with van der Waals surface area (Å²) in [7, 11) is 0. The maximum absolute atomic E-state index is 12.2. The molecule has 2 aromatic carbocycles. The normalized spacial score (nSPS) is 12.8. The molecule has 3 rings (SSSR count). The zero-order chi connectivity index (χ0) is 16.4. The lowest BCUT2D eigenvalue weighted by atomic mass is 9.93. The fraction of sp³-hybridized carbons (Fsp3) is 0.176. The van der Waals surface area contributed by atoms with Crippen molar-refractivity contribution in [1.82, 2.24) is 0 Å². The van der Waals surface area contributed by atoms with E-state index in [0.29, 0.717) is 5.56 Å². The van der Waals surface area contributed by atoms with Gasteiger partial charge >= 0.3 is 0 Å². The smallest absolute Gasteiger partial charge is 0.207 e. The van der Waals surface area contributed by atoms with Crippen LogP contribution in [0.5, 0.6) is 11.5 Å². The van der Waals surface area contributed by atoms with Crippen LogP contribution in [0.1, 0.15) is 31.8 Å². The fourth-order valence-corrected chi connectivity index (χ4v) is 2.65. The summed E-state index contributed by atoms with van der Waals surface area (Å²) in [5, 5.41) is 19.0. The third-order valence-corrected chi connectivity index (χ3v) is 3.73. The number of benzene rings is 2. The highest BCUT2D eigenvalue weighted by Crippen LogP contribution is 2.39. The average molecular weight is 314 g/mol. The van der Waals surface area contributed by atoms with Gasteiger partial charge in [0.15, 0.2) is 12.4 Å². The van der Waals surface area contributed by atoms with Crippen LogP contribution >= 0.6 is 0 Å². The maximum atomic E-state index is 12.2. The van der Waals surface area contributed by atoms with Gasteiger partial charge in [-0.05, 0) is 11.6 Å². The first-order valence-corrected chi connectivity index (χ1v) is 7.00. The van der Waals surface area contributed by atoms with E-state index < -0.39 is 12.4 Å². The molecule has 2 N–H and O–H groups in total. The quantitative estimate of drug-likeness (QED) is 0.499. The van der Waals surface area contributed by atoms with Crippen LogP contribution in [0.25, 0.3) is 0 Å². The van der Waals surface area contributed by atoms with Crippen LogP contribution in [0.3, 0.4) is 0 Å². The van der Waals surface area contributed by atoms with E-state index in [1.165, 1.54) is 6.07 Å². The Hall–Kier alpha value is -2.70. The van der Waals surface area contributed by atoms with Gasteiger partial charge in [0.25, 0.3) is 0 Å². The maximum Gasteiger partial charge on any atom is 0.207 e. The van der Waals surface area contributed by atoms with E-state index in [9.17, 15) is 14.7 Å². The van der Waals surface area contributed by atoms with Crippen LogP contribution in [-0.2, 0) is 11.3 Å². The van der Waals surface area contributed by atoms with Crippen LogP contribution in [0.4, 0.5) is 0 Å². The summed E-state index contributed by atoms with van der Waals surface area (Å²) in [4.78, 5) is 27.9. The summed E-state index contributed by atoms with van der Waals surface area (Å²) >= 11 is 0. The molecule has 1 aliphatic rings. The van der Waals surface area contributed by atoms with Crippen LogP contribution in [0, 0.1) is 0 Å². The molecule has 0 bridgehead atoms. The predicted octanol–water partition coefficient (Wildman–Crippen LogP) is 2.23. The molecule has 0 spiro atoms. The third kappa shape index (κ3) is 2.81. The highest BCUT2D eigenvalue weighted by Gasteiger charge is 2.30. The van der Waals surface area contributed by atoms with Gasteiger partial charge < -0.3 is 9.84 Å². The standard InChI is InChI=1S/C17H14O6/c18-13(9-23-21)11-7-15-16(14(19)8-22-15)17(20)12(11)6-10-4-2-1-3-5-10/h1-5,7,20-21H,6,8-9H2. The topological polar surface area (TPSA) is 93.1 Å². The lowest BCUT2D eigenvalue weighted by Crippen LogP contribution is -2.12. The van der Waals surface area contributed by atoms with Crippen molar-refractivity contribution in [3.63, 3.8) is 0 Å². The van der Waals surface area contributed by atoms with E-state index in [2.05, 4.69) is 4.89 Å². The number of ketones is 2. The molecule has 0 unspecified atom stereocenters. The van der Waals surface area contributed by atoms with Crippen LogP contribution < -0.4 is 4.74 Å². The van der Waals surface area contributed by atoms with E-state index in [4.69, 9.17) is 9.99 Å². The molecule has 0 saturated heterocycles. The number of fused-ring (bicyclic) bond motifs is 1. The molecule has 0 saturated carbocycles. The second-order valence-electron chi connectivity index (χ2n) is 5.20. The van der Waals surface area contributed by atoms with Gasteiger partial charge in [-0.1, -0.05) is 30.3 Å². The van der Waals surface area contributed by atoms with Crippen molar-refractivity contribution >= 4 is 11.6 Å². The molecule has 2 aromatic rings. The SMILES string of the molecule is O=C(COO)c1cc2c(c(O)c1Cc1ccccc1)C(=O)CO2. The Labute approximate surface area is 131 Å². The molecule has 0 fully saturated rings. The minimum Gasteiger partial charge on any atom is -0.507 e. The summed E-state index contributed by atoms with van der Waals surface area (Å²) in [5.74, 6) is -0.926. The lowest BCUT2D eigenvalue weighted by molar-refractivity contribution is -0.230. The highest BCUT2D eigenvalue weighted by atomic mass is 17.1. The largest absolute Gasteiger partial charge is 0.507 e. The first-order valence-electron chi connectivity index (χ1n) is 7.00. The first kappa shape index (κ1) is 15.2. The molecular formula is C17H14O6. The zero-order valence-electron chi connectivity index (χ0n) is 12.1. The van der Waals surface area contributed by atoms with Gasteiger partial charge in [-0.25, -0.2) is 4.89 Å². The van der Waals surface area contributed by atoms with Gasteiger partial charge in [-0.3, -0.25) is 14.8 Å². The number of aromatic hydroxyl groups is 1. The molecule has 6 heteroatoms. The summed E-state index contributed by atoms with van der Waals surface area (Å²) in [6.45, 7) is -0.713. The van der Waals surface area contributed by atoms with Crippen molar-refractivity contribution in [2.75, 3.05) is 13.2 Å². The minimum absolute atomic E-state index is 0.0948. The predicted molar refractivity (Wildman–Crippen MR) is 80.1 cm³/mol. The molecule has 0 amide bonds. The van der Waals surface area contributed by atoms with Crippen molar-refractivity contribution in [2.24, 2.45) is 0 Å². The Bertz CT molecular complexity index is 766. The molecule has 0 atom stereocenters. The number of carbonyl (C=O) groups is 2. The second-order valence-corrected chi connectivity index (χ2v) is 5.20. The van der Waals surface area contributed by atoms with Gasteiger partial charge in [0.1, 0.15) is 23.7 Å². The zero-order valence-corrected chi connectivity index (χ0v) is 12.1. The Morgan fingerprint density at radius 1 is 1.26 bits per heavy atom. The molecule has 23 heavy (non-hydrogen) atoms. The number of rotatable bonds is 5. The number of Topliss-reactive ketones (excluding diaryl/α,β-unsaturated/α-hetero) is 2. The van der Waals surface area contributed by atoms with E-state index >= 15 is 0 Å². The van der Waals surface area contributed by atoms with Crippen molar-refractivity contribution < 1.29 is 29.6 Å². The Balaban J connectivity index is 2.12. The third-order valence-electron chi connectivity index (χ3n) is 3.73. The van der Waals surface area contributed by atoms with E-state index in [1.807, 2.05) is 30.3 Å².